The van der Waals surface area contributed by atoms with Crippen LogP contribution in [0, 0.1) is 0 Å². The van der Waals surface area contributed by atoms with Gasteiger partial charge >= 0.3 is 0 Å². The normalized spacial score (nSPS) is 17.1. The van der Waals surface area contributed by atoms with E-state index in [1.807, 2.05) is 31.2 Å². The highest BCUT2D eigenvalue weighted by Gasteiger charge is 2.19. The lowest BCUT2D eigenvalue weighted by Crippen LogP contribution is -2.49. The topological polar surface area (TPSA) is 64.7 Å². The van der Waals surface area contributed by atoms with Gasteiger partial charge in [0.2, 0.25) is 5.91 Å². The quantitative estimate of drug-likeness (QED) is 0.775. The number of benzene rings is 1. The lowest BCUT2D eigenvalue weighted by molar-refractivity contribution is -0.123. The Hall–Kier alpha value is -1.92. The predicted molar refractivity (Wildman–Crippen MR) is 99.4 cm³/mol. The number of hydrogen-bond donors (Lipinski definition) is 2. The second kappa shape index (κ2) is 9.53. The molecule has 1 aliphatic heterocycles. The van der Waals surface area contributed by atoms with Crippen molar-refractivity contribution in [3.05, 3.63) is 35.4 Å². The molecule has 1 saturated heterocycles. The number of piperazine rings is 1. The van der Waals surface area contributed by atoms with Crippen molar-refractivity contribution < 1.29 is 9.59 Å². The van der Waals surface area contributed by atoms with Gasteiger partial charge in [-0.2, -0.15) is 0 Å². The van der Waals surface area contributed by atoms with Crippen LogP contribution in [0.25, 0.3) is 0 Å². The van der Waals surface area contributed by atoms with Crippen LogP contribution in [0.15, 0.2) is 24.3 Å². The summed E-state index contributed by atoms with van der Waals surface area (Å²) in [5.41, 5.74) is 1.89. The van der Waals surface area contributed by atoms with Crippen LogP contribution in [0.2, 0.25) is 0 Å². The van der Waals surface area contributed by atoms with Crippen molar-refractivity contribution in [3.8, 4) is 0 Å². The zero-order valence-corrected chi connectivity index (χ0v) is 15.5. The van der Waals surface area contributed by atoms with Crippen molar-refractivity contribution in [1.29, 1.82) is 0 Å². The van der Waals surface area contributed by atoms with Crippen LogP contribution >= 0.6 is 0 Å². The van der Waals surface area contributed by atoms with E-state index in [1.54, 1.807) is 7.05 Å². The second-order valence-corrected chi connectivity index (χ2v) is 6.71. The number of rotatable bonds is 7. The number of nitrogens with zero attached hydrogens (tertiary/aromatic N) is 2. The largest absolute Gasteiger partial charge is 0.355 e. The summed E-state index contributed by atoms with van der Waals surface area (Å²) in [5.74, 6) is 0.0587. The van der Waals surface area contributed by atoms with Gasteiger partial charge in [-0.25, -0.2) is 0 Å². The summed E-state index contributed by atoms with van der Waals surface area (Å²) in [6.07, 6.45) is 0.957. The van der Waals surface area contributed by atoms with Gasteiger partial charge in [-0.3, -0.25) is 19.4 Å². The molecule has 0 spiro atoms. The maximum Gasteiger partial charge on any atom is 0.251 e. The van der Waals surface area contributed by atoms with E-state index < -0.39 is 0 Å². The Morgan fingerprint density at radius 2 is 1.68 bits per heavy atom. The van der Waals surface area contributed by atoms with E-state index >= 15 is 0 Å². The Kier molecular flexibility index (Phi) is 7.40. The minimum atomic E-state index is -0.0594. The first kappa shape index (κ1) is 19.4. The van der Waals surface area contributed by atoms with E-state index in [0.29, 0.717) is 12.1 Å². The minimum Gasteiger partial charge on any atom is -0.355 e. The Morgan fingerprint density at radius 1 is 1.08 bits per heavy atom. The molecule has 0 bridgehead atoms. The van der Waals surface area contributed by atoms with E-state index in [1.165, 1.54) is 5.56 Å². The molecule has 6 heteroatoms. The standard InChI is InChI=1S/C19H30N4O2/c1-4-15(2)21-18(24)14-23-11-9-22(10-12-23)13-16-5-7-17(8-6-16)19(25)20-3/h5-8,15H,4,9-14H2,1-3H3,(H,20,25)(H,21,24). The Labute approximate surface area is 150 Å². The summed E-state index contributed by atoms with van der Waals surface area (Å²) in [5, 5.41) is 5.65. The van der Waals surface area contributed by atoms with Gasteiger partial charge in [0.1, 0.15) is 0 Å². The van der Waals surface area contributed by atoms with Crippen molar-refractivity contribution in [2.24, 2.45) is 0 Å². The number of carbonyl (C=O) groups is 2. The zero-order valence-electron chi connectivity index (χ0n) is 15.5. The number of hydrogen-bond acceptors (Lipinski definition) is 4. The molecule has 1 aromatic carbocycles. The first-order valence-electron chi connectivity index (χ1n) is 9.07. The third-order valence-electron chi connectivity index (χ3n) is 4.70. The fourth-order valence-corrected chi connectivity index (χ4v) is 2.90. The SMILES string of the molecule is CCC(C)NC(=O)CN1CCN(Cc2ccc(C(=O)NC)cc2)CC1. The molecule has 1 atom stereocenters. The summed E-state index contributed by atoms with van der Waals surface area (Å²) in [7, 11) is 1.64. The minimum absolute atomic E-state index is 0.0594. The molecule has 0 radical (unpaired) electrons. The molecule has 1 aromatic rings. The predicted octanol–water partition coefficient (Wildman–Crippen LogP) is 1.08. The molecule has 2 rings (SSSR count). The Balaban J connectivity index is 1.75. The molecule has 1 fully saturated rings. The van der Waals surface area contributed by atoms with Gasteiger partial charge in [0.15, 0.2) is 0 Å². The van der Waals surface area contributed by atoms with Gasteiger partial charge < -0.3 is 10.6 Å². The Bertz CT molecular complexity index is 565. The van der Waals surface area contributed by atoms with Crippen LogP contribution in [-0.2, 0) is 11.3 Å². The maximum absolute atomic E-state index is 12.0. The molecule has 1 aliphatic rings. The van der Waals surface area contributed by atoms with Crippen molar-refractivity contribution in [2.75, 3.05) is 39.8 Å². The van der Waals surface area contributed by atoms with Gasteiger partial charge in [0.25, 0.3) is 5.91 Å². The molecule has 1 unspecified atom stereocenters. The van der Waals surface area contributed by atoms with Crippen LogP contribution in [0.1, 0.15) is 36.2 Å². The highest BCUT2D eigenvalue weighted by Crippen LogP contribution is 2.10. The Morgan fingerprint density at radius 3 is 2.24 bits per heavy atom. The molecule has 2 amide bonds. The van der Waals surface area contributed by atoms with Crippen LogP contribution in [0.4, 0.5) is 0 Å². The average molecular weight is 346 g/mol. The second-order valence-electron chi connectivity index (χ2n) is 6.71. The zero-order chi connectivity index (χ0) is 18.2. The molecule has 0 saturated carbocycles. The van der Waals surface area contributed by atoms with Crippen molar-refractivity contribution in [2.45, 2.75) is 32.9 Å². The average Bonchev–Trinajstić information content (AvgIpc) is 2.63. The number of carbonyl (C=O) groups excluding carboxylic acids is 2. The van der Waals surface area contributed by atoms with Crippen molar-refractivity contribution >= 4 is 11.8 Å². The van der Waals surface area contributed by atoms with Gasteiger partial charge in [0.05, 0.1) is 6.54 Å². The molecular formula is C19H30N4O2. The lowest BCUT2D eigenvalue weighted by Gasteiger charge is -2.34. The first-order chi connectivity index (χ1) is 12.0. The third kappa shape index (κ3) is 6.14. The van der Waals surface area contributed by atoms with Gasteiger partial charge in [0, 0.05) is 51.4 Å². The lowest BCUT2D eigenvalue weighted by atomic mass is 10.1. The van der Waals surface area contributed by atoms with Crippen molar-refractivity contribution in [1.82, 2.24) is 20.4 Å². The summed E-state index contributed by atoms with van der Waals surface area (Å²) < 4.78 is 0. The monoisotopic (exact) mass is 346 g/mol. The molecule has 2 N–H and O–H groups in total. The van der Waals surface area contributed by atoms with Gasteiger partial charge in [-0.1, -0.05) is 19.1 Å². The van der Waals surface area contributed by atoms with E-state index in [4.69, 9.17) is 0 Å². The third-order valence-corrected chi connectivity index (χ3v) is 4.70. The fraction of sp³-hybridized carbons (Fsp3) is 0.579. The molecule has 0 aliphatic carbocycles. The maximum atomic E-state index is 12.0. The molecular weight excluding hydrogens is 316 g/mol. The molecule has 25 heavy (non-hydrogen) atoms. The van der Waals surface area contributed by atoms with Gasteiger partial charge in [-0.05, 0) is 31.0 Å². The van der Waals surface area contributed by atoms with Crippen LogP contribution in [0.5, 0.6) is 0 Å². The fourth-order valence-electron chi connectivity index (χ4n) is 2.90. The van der Waals surface area contributed by atoms with Gasteiger partial charge in [-0.15, -0.1) is 0 Å². The summed E-state index contributed by atoms with van der Waals surface area (Å²) >= 11 is 0. The summed E-state index contributed by atoms with van der Waals surface area (Å²) in [6.45, 7) is 9.19. The summed E-state index contributed by atoms with van der Waals surface area (Å²) in [4.78, 5) is 28.1. The highest BCUT2D eigenvalue weighted by molar-refractivity contribution is 5.93. The molecule has 0 aromatic heterocycles. The van der Waals surface area contributed by atoms with E-state index in [0.717, 1.165) is 39.1 Å². The molecule has 138 valence electrons. The van der Waals surface area contributed by atoms with E-state index in [9.17, 15) is 9.59 Å². The number of nitrogens with one attached hydrogen (secondary N) is 2. The smallest absolute Gasteiger partial charge is 0.251 e. The first-order valence-corrected chi connectivity index (χ1v) is 9.07. The molecule has 1 heterocycles. The van der Waals surface area contributed by atoms with Crippen LogP contribution in [-0.4, -0.2) is 67.4 Å². The molecule has 6 nitrogen and oxygen atoms in total. The van der Waals surface area contributed by atoms with E-state index in [2.05, 4.69) is 27.4 Å². The van der Waals surface area contributed by atoms with E-state index in [-0.39, 0.29) is 17.9 Å². The number of amides is 2. The van der Waals surface area contributed by atoms with Crippen LogP contribution < -0.4 is 10.6 Å². The van der Waals surface area contributed by atoms with Crippen LogP contribution in [0.3, 0.4) is 0 Å². The highest BCUT2D eigenvalue weighted by atomic mass is 16.2. The summed E-state index contributed by atoms with van der Waals surface area (Å²) in [6, 6.07) is 7.99. The van der Waals surface area contributed by atoms with Crippen molar-refractivity contribution in [3.63, 3.8) is 0 Å².